The maximum atomic E-state index is 12.4. The zero-order valence-corrected chi connectivity index (χ0v) is 13.0. The summed E-state index contributed by atoms with van der Waals surface area (Å²) in [7, 11) is -1.82. The quantitative estimate of drug-likeness (QED) is 0.692. The summed E-state index contributed by atoms with van der Waals surface area (Å²) in [6.07, 6.45) is 0.653. The van der Waals surface area contributed by atoms with E-state index in [0.717, 1.165) is 5.56 Å². The van der Waals surface area contributed by atoms with Gasteiger partial charge in [-0.2, -0.15) is 17.0 Å². The molecule has 0 aliphatic heterocycles. The number of halogens is 1. The van der Waals surface area contributed by atoms with E-state index in [1.165, 1.54) is 8.61 Å². The molecule has 1 rings (SSSR count). The minimum atomic E-state index is -3.41. The molecule has 0 radical (unpaired) electrons. The maximum absolute atomic E-state index is 12.4. The van der Waals surface area contributed by atoms with Gasteiger partial charge in [-0.05, 0) is 12.0 Å². The second-order valence-electron chi connectivity index (χ2n) is 4.28. The van der Waals surface area contributed by atoms with Crippen LogP contribution in [0.4, 0.5) is 0 Å². The zero-order chi connectivity index (χ0) is 14.3. The van der Waals surface area contributed by atoms with Crippen molar-refractivity contribution in [2.24, 2.45) is 0 Å². The first-order chi connectivity index (χ1) is 9.02. The number of benzene rings is 1. The first kappa shape index (κ1) is 16.4. The highest BCUT2D eigenvalue weighted by Crippen LogP contribution is 2.12. The van der Waals surface area contributed by atoms with Crippen molar-refractivity contribution in [1.82, 2.24) is 8.61 Å². The normalized spacial score (nSPS) is 12.3. The zero-order valence-electron chi connectivity index (χ0n) is 11.4. The summed E-state index contributed by atoms with van der Waals surface area (Å²) in [6, 6.07) is 9.59. The fourth-order valence-corrected chi connectivity index (χ4v) is 3.25. The summed E-state index contributed by atoms with van der Waals surface area (Å²) in [5.74, 6) is 0.463. The maximum Gasteiger partial charge on any atom is 0.282 e. The standard InChI is InChI=1S/C13H21ClN2O2S/c1-3-16(12-13-8-5-4-6-9-13)19(17,18)15(2)11-7-10-14/h4-6,8-9H,3,7,10-12H2,1-2H3. The molecule has 0 saturated carbocycles. The molecule has 108 valence electrons. The number of hydrogen-bond donors (Lipinski definition) is 0. The lowest BCUT2D eigenvalue weighted by Gasteiger charge is -2.26. The van der Waals surface area contributed by atoms with Crippen LogP contribution in [0, 0.1) is 0 Å². The number of nitrogens with zero attached hydrogens (tertiary/aromatic N) is 2. The third kappa shape index (κ3) is 4.76. The van der Waals surface area contributed by atoms with Gasteiger partial charge in [0.2, 0.25) is 0 Å². The monoisotopic (exact) mass is 304 g/mol. The third-order valence-corrected chi connectivity index (χ3v) is 5.16. The molecule has 0 bridgehead atoms. The molecule has 0 aliphatic carbocycles. The van der Waals surface area contributed by atoms with Gasteiger partial charge in [0.15, 0.2) is 0 Å². The summed E-state index contributed by atoms with van der Waals surface area (Å²) in [4.78, 5) is 0. The fourth-order valence-electron chi connectivity index (χ4n) is 1.74. The highest BCUT2D eigenvalue weighted by Gasteiger charge is 2.25. The van der Waals surface area contributed by atoms with Gasteiger partial charge < -0.3 is 0 Å². The highest BCUT2D eigenvalue weighted by atomic mass is 35.5. The Bertz CT molecular complexity index is 465. The van der Waals surface area contributed by atoms with Crippen molar-refractivity contribution >= 4 is 21.8 Å². The van der Waals surface area contributed by atoms with Crippen LogP contribution in [0.3, 0.4) is 0 Å². The summed E-state index contributed by atoms with van der Waals surface area (Å²) in [5.41, 5.74) is 0.985. The molecule has 0 aromatic heterocycles. The van der Waals surface area contributed by atoms with Crippen LogP contribution in [0.15, 0.2) is 30.3 Å². The first-order valence-corrected chi connectivity index (χ1v) is 8.26. The average Bonchev–Trinajstić information content (AvgIpc) is 2.42. The van der Waals surface area contributed by atoms with Crippen molar-refractivity contribution < 1.29 is 8.42 Å². The van der Waals surface area contributed by atoms with Crippen molar-refractivity contribution in [2.75, 3.05) is 26.0 Å². The van der Waals surface area contributed by atoms with Gasteiger partial charge in [0.05, 0.1) is 0 Å². The molecule has 1 aromatic carbocycles. The molecule has 0 unspecified atom stereocenters. The molecule has 0 fully saturated rings. The molecular formula is C13H21ClN2O2S. The Morgan fingerprint density at radius 2 is 1.84 bits per heavy atom. The minimum absolute atomic E-state index is 0.394. The van der Waals surface area contributed by atoms with Gasteiger partial charge in [0.1, 0.15) is 0 Å². The van der Waals surface area contributed by atoms with Crippen LogP contribution in [0.5, 0.6) is 0 Å². The minimum Gasteiger partial charge on any atom is -0.195 e. The van der Waals surface area contributed by atoms with Crippen molar-refractivity contribution in [3.63, 3.8) is 0 Å². The van der Waals surface area contributed by atoms with E-state index in [2.05, 4.69) is 0 Å². The summed E-state index contributed by atoms with van der Waals surface area (Å²) >= 11 is 5.60. The predicted molar refractivity (Wildman–Crippen MR) is 79.4 cm³/mol. The molecule has 1 aromatic rings. The van der Waals surface area contributed by atoms with E-state index in [4.69, 9.17) is 11.6 Å². The topological polar surface area (TPSA) is 40.6 Å². The fraction of sp³-hybridized carbons (Fsp3) is 0.538. The third-order valence-electron chi connectivity index (χ3n) is 2.88. The number of hydrogen-bond acceptors (Lipinski definition) is 2. The van der Waals surface area contributed by atoms with Gasteiger partial charge in [0, 0.05) is 32.6 Å². The molecule has 0 heterocycles. The lowest BCUT2D eigenvalue weighted by Crippen LogP contribution is -2.41. The van der Waals surface area contributed by atoms with Crippen LogP contribution in [-0.2, 0) is 16.8 Å². The van der Waals surface area contributed by atoms with E-state index in [-0.39, 0.29) is 0 Å². The summed E-state index contributed by atoms with van der Waals surface area (Å²) in [6.45, 7) is 3.13. The Kier molecular flexibility index (Phi) is 6.79. The lowest BCUT2D eigenvalue weighted by atomic mass is 10.2. The van der Waals surface area contributed by atoms with E-state index < -0.39 is 10.2 Å². The molecule has 4 nitrogen and oxygen atoms in total. The van der Waals surface area contributed by atoms with E-state index >= 15 is 0 Å². The predicted octanol–water partition coefficient (Wildman–Crippen LogP) is 2.31. The van der Waals surface area contributed by atoms with E-state index in [0.29, 0.717) is 31.9 Å². The van der Waals surface area contributed by atoms with Gasteiger partial charge in [-0.1, -0.05) is 37.3 Å². The summed E-state index contributed by atoms with van der Waals surface area (Å²) in [5, 5.41) is 0. The van der Waals surface area contributed by atoms with Gasteiger partial charge in [-0.25, -0.2) is 0 Å². The Labute approximate surface area is 121 Å². The Morgan fingerprint density at radius 3 is 2.37 bits per heavy atom. The molecule has 0 saturated heterocycles. The molecule has 0 aliphatic rings. The van der Waals surface area contributed by atoms with Crippen molar-refractivity contribution in [3.05, 3.63) is 35.9 Å². The molecule has 19 heavy (non-hydrogen) atoms. The smallest absolute Gasteiger partial charge is 0.195 e. The van der Waals surface area contributed by atoms with Gasteiger partial charge >= 0.3 is 0 Å². The molecular weight excluding hydrogens is 284 g/mol. The second-order valence-corrected chi connectivity index (χ2v) is 6.70. The van der Waals surface area contributed by atoms with Gasteiger partial charge in [-0.15, -0.1) is 11.6 Å². The molecule has 0 spiro atoms. The largest absolute Gasteiger partial charge is 0.282 e. The van der Waals surface area contributed by atoms with Crippen LogP contribution in [-0.4, -0.2) is 43.0 Å². The Balaban J connectivity index is 2.78. The van der Waals surface area contributed by atoms with E-state index in [9.17, 15) is 8.42 Å². The molecule has 0 atom stereocenters. The Hall–Kier alpha value is -0.620. The number of rotatable bonds is 8. The molecule has 0 amide bonds. The van der Waals surface area contributed by atoms with E-state index in [1.807, 2.05) is 37.3 Å². The van der Waals surface area contributed by atoms with Crippen LogP contribution in [0.25, 0.3) is 0 Å². The van der Waals surface area contributed by atoms with Gasteiger partial charge in [-0.3, -0.25) is 0 Å². The van der Waals surface area contributed by atoms with Crippen LogP contribution < -0.4 is 0 Å². The van der Waals surface area contributed by atoms with Crippen LogP contribution >= 0.6 is 11.6 Å². The second kappa shape index (κ2) is 7.85. The van der Waals surface area contributed by atoms with Gasteiger partial charge in [0.25, 0.3) is 10.2 Å². The SMILES string of the molecule is CCN(Cc1ccccc1)S(=O)(=O)N(C)CCCCl. The number of alkyl halides is 1. The van der Waals surface area contributed by atoms with Crippen molar-refractivity contribution in [3.8, 4) is 0 Å². The van der Waals surface area contributed by atoms with E-state index in [1.54, 1.807) is 7.05 Å². The molecule has 6 heteroatoms. The lowest BCUT2D eigenvalue weighted by molar-refractivity contribution is 0.364. The van der Waals surface area contributed by atoms with Crippen LogP contribution in [0.1, 0.15) is 18.9 Å². The summed E-state index contributed by atoms with van der Waals surface area (Å²) < 4.78 is 27.6. The highest BCUT2D eigenvalue weighted by molar-refractivity contribution is 7.86. The van der Waals surface area contributed by atoms with Crippen molar-refractivity contribution in [2.45, 2.75) is 19.9 Å². The van der Waals surface area contributed by atoms with Crippen molar-refractivity contribution in [1.29, 1.82) is 0 Å². The molecule has 0 N–H and O–H groups in total. The van der Waals surface area contributed by atoms with Crippen LogP contribution in [0.2, 0.25) is 0 Å². The Morgan fingerprint density at radius 1 is 1.21 bits per heavy atom. The average molecular weight is 305 g/mol. The first-order valence-electron chi connectivity index (χ1n) is 6.33.